The molecule has 6 N–H and O–H groups in total. The van der Waals surface area contributed by atoms with Crippen LogP contribution in [0.4, 0.5) is 65.9 Å². The normalized spacial score (nSPS) is 24.9. The molecule has 0 radical (unpaired) electrons. The fourth-order valence-corrected chi connectivity index (χ4v) is 12.5. The molecule has 4 saturated carbocycles. The van der Waals surface area contributed by atoms with E-state index in [-0.39, 0.29) is 41.3 Å². The van der Waals surface area contributed by atoms with Gasteiger partial charge in [0.2, 0.25) is 0 Å². The van der Waals surface area contributed by atoms with Gasteiger partial charge in [0.15, 0.2) is 0 Å². The molecule has 1 heterocycles. The van der Waals surface area contributed by atoms with Crippen molar-refractivity contribution in [2.45, 2.75) is 399 Å². The zero-order valence-corrected chi connectivity index (χ0v) is 68.6. The van der Waals surface area contributed by atoms with Crippen LogP contribution >= 0.6 is 0 Å². The SMILES string of the molecule is CCC(C)C(=O)OC(C)(C)C(C)(C)O.CCC(C)C(=O)OC(C)CC(O)(C(F)(F)F)C(F)(F)F.CCC(C)C(=O)OC(CC(O)(C(F)(F)F)C(F)(F)F)C1CCCCC1.CCC(C)C(=O)OC1(C(C)(C)O)CCCC1.CCC(C)C(=O)OC1(C)COC(O)(C(F)(F)F)C1.CCC(C)C(=O)OC12CCCCC1CC(C)(O)C2. The summed E-state index contributed by atoms with van der Waals surface area (Å²) in [5.41, 5.74) is -15.8. The van der Waals surface area contributed by atoms with Crippen LogP contribution in [0.25, 0.3) is 0 Å². The third-order valence-corrected chi connectivity index (χ3v) is 22.3. The van der Waals surface area contributed by atoms with Crippen molar-refractivity contribution in [3.63, 3.8) is 0 Å². The molecule has 19 nitrogen and oxygen atoms in total. The van der Waals surface area contributed by atoms with Gasteiger partial charge in [-0.05, 0) is 171 Å². The summed E-state index contributed by atoms with van der Waals surface area (Å²) >= 11 is 0. The van der Waals surface area contributed by atoms with Crippen LogP contribution in [-0.4, -0.2) is 172 Å². The fourth-order valence-electron chi connectivity index (χ4n) is 12.5. The molecule has 656 valence electrons. The number of halogens is 15. The van der Waals surface area contributed by atoms with E-state index in [1.165, 1.54) is 27.2 Å². The molecule has 34 heteroatoms. The van der Waals surface area contributed by atoms with Gasteiger partial charge >= 0.3 is 66.7 Å². The van der Waals surface area contributed by atoms with E-state index in [0.717, 1.165) is 84.0 Å². The molecular formula is C77H129F15O19. The number of aliphatic hydroxyl groups is 6. The highest BCUT2D eigenvalue weighted by Gasteiger charge is 2.72. The molecule has 0 bridgehead atoms. The number of rotatable bonds is 25. The average Bonchev–Trinajstić information content (AvgIpc) is 1.75. The van der Waals surface area contributed by atoms with Crippen LogP contribution in [-0.2, 0) is 61.9 Å². The Morgan fingerprint density at radius 2 is 0.811 bits per heavy atom. The van der Waals surface area contributed by atoms with E-state index in [9.17, 15) is 120 Å². The summed E-state index contributed by atoms with van der Waals surface area (Å²) in [5.74, 6) is -8.28. The first-order chi connectivity index (χ1) is 49.9. The first kappa shape index (κ1) is 106. The molecule has 0 aromatic heterocycles. The van der Waals surface area contributed by atoms with Gasteiger partial charge in [-0.3, -0.25) is 28.8 Å². The summed E-state index contributed by atoms with van der Waals surface area (Å²) in [5, 5.41) is 58.0. The lowest BCUT2D eigenvalue weighted by Crippen LogP contribution is -2.59. The maximum absolute atomic E-state index is 13.0. The molecule has 1 aliphatic heterocycles. The van der Waals surface area contributed by atoms with Crippen LogP contribution < -0.4 is 0 Å². The molecule has 0 amide bonds. The Labute approximate surface area is 644 Å². The van der Waals surface area contributed by atoms with Gasteiger partial charge in [-0.2, -0.15) is 65.9 Å². The number of fused-ring (bicyclic) bond motifs is 1. The van der Waals surface area contributed by atoms with Crippen LogP contribution in [0.15, 0.2) is 0 Å². The van der Waals surface area contributed by atoms with Crippen molar-refractivity contribution >= 4 is 35.8 Å². The number of carbonyl (C=O) groups excluding carboxylic acids is 6. The standard InChI is InChI=1S/C16H24F6O3.C15H26O3.C13H24O3.C11H16F6O3.C11H17F3O4.C11H22O3/c1-3-10(2)13(23)25-12(11-7-5-4-6-8-11)9-14(24,15(17,18)19)16(20,21)22;1-4-11(2)13(16)18-15-8-6-5-7-12(15)9-14(3,17)10-15;1-5-10(2)11(14)16-13(12(3,4)15)8-6-7-9-13;1-4-6(2)8(18)20-7(3)5-9(19,10(12,13)14)11(15,16)17;1-4-7(2)8(15)18-9(3)5-10(16,17-6-9)11(12,13)14;1-7-8(2)9(12)14-11(5,6)10(3,4)13/h10-12,24H,3-9H2,1-2H3;11-12,17H,4-10H2,1-3H3;10,15H,5-9H2,1-4H3;6-7,19H,4-5H2,1-3H3;7,16H,4-6H2,1-3H3;8,13H,7H2,1-6H3. The maximum Gasteiger partial charge on any atom is 0.443 e. The molecule has 0 aromatic rings. The van der Waals surface area contributed by atoms with Gasteiger partial charge < -0.3 is 63.8 Å². The lowest BCUT2D eigenvalue weighted by atomic mass is 9.77. The summed E-state index contributed by atoms with van der Waals surface area (Å²) < 4.78 is 226. The molecule has 111 heavy (non-hydrogen) atoms. The van der Waals surface area contributed by atoms with Crippen molar-refractivity contribution in [2.24, 2.45) is 47.3 Å². The van der Waals surface area contributed by atoms with Crippen LogP contribution in [0.1, 0.15) is 299 Å². The molecule has 4 aliphatic carbocycles. The van der Waals surface area contributed by atoms with Gasteiger partial charge in [0.25, 0.3) is 17.0 Å². The van der Waals surface area contributed by atoms with E-state index in [0.29, 0.717) is 57.3 Å². The Kier molecular flexibility index (Phi) is 40.3. The molecule has 5 rings (SSSR count). The lowest BCUT2D eigenvalue weighted by Gasteiger charge is -2.40. The smallest absolute Gasteiger partial charge is 0.443 e. The lowest BCUT2D eigenvalue weighted by molar-refractivity contribution is -0.375. The second-order valence-corrected chi connectivity index (χ2v) is 33.2. The van der Waals surface area contributed by atoms with Crippen molar-refractivity contribution in [1.82, 2.24) is 0 Å². The van der Waals surface area contributed by atoms with Gasteiger partial charge in [0.05, 0.1) is 65.3 Å². The largest absolute Gasteiger partial charge is 0.462 e. The van der Waals surface area contributed by atoms with Crippen molar-refractivity contribution in [1.29, 1.82) is 0 Å². The highest BCUT2D eigenvalue weighted by Crippen LogP contribution is 2.54. The summed E-state index contributed by atoms with van der Waals surface area (Å²) in [6.07, 6.45) is -20.6. The molecule has 5 fully saturated rings. The second-order valence-electron chi connectivity index (χ2n) is 33.2. The van der Waals surface area contributed by atoms with Gasteiger partial charge in [-0.15, -0.1) is 0 Å². The zero-order chi connectivity index (χ0) is 87.4. The van der Waals surface area contributed by atoms with E-state index in [2.05, 4.69) is 9.47 Å². The molecule has 13 atom stereocenters. The molecule has 0 spiro atoms. The number of ether oxygens (including phenoxy) is 7. The molecule has 13 unspecified atom stereocenters. The minimum atomic E-state index is -5.92. The Morgan fingerprint density at radius 1 is 0.450 bits per heavy atom. The minimum absolute atomic E-state index is 0.0347. The predicted octanol–water partition coefficient (Wildman–Crippen LogP) is 17.8. The van der Waals surface area contributed by atoms with E-state index in [1.807, 2.05) is 48.5 Å². The minimum Gasteiger partial charge on any atom is -0.462 e. The number of carbonyl (C=O) groups is 6. The van der Waals surface area contributed by atoms with Crippen molar-refractivity contribution in [3.8, 4) is 0 Å². The van der Waals surface area contributed by atoms with E-state index < -0.39 is 161 Å². The summed E-state index contributed by atoms with van der Waals surface area (Å²) in [6.45, 7) is 34.8. The Hall–Kier alpha value is -4.51. The fraction of sp³-hybridized carbons (Fsp3) is 0.922. The summed E-state index contributed by atoms with van der Waals surface area (Å²) in [4.78, 5) is 70.2. The molecule has 1 saturated heterocycles. The van der Waals surface area contributed by atoms with Crippen molar-refractivity contribution < 1.29 is 158 Å². The van der Waals surface area contributed by atoms with Crippen LogP contribution in [0.5, 0.6) is 0 Å². The topological polar surface area (TPSA) is 288 Å². The van der Waals surface area contributed by atoms with Gasteiger partial charge in [-0.25, -0.2) is 0 Å². The molecule has 0 aromatic carbocycles. The molecule has 5 aliphatic rings. The number of alkyl halides is 15. The van der Waals surface area contributed by atoms with E-state index >= 15 is 0 Å². The number of hydrogen-bond acceptors (Lipinski definition) is 19. The first-order valence-electron chi connectivity index (χ1n) is 38.6. The van der Waals surface area contributed by atoms with Crippen LogP contribution in [0.3, 0.4) is 0 Å². The average molecular weight is 1640 g/mol. The Bertz CT molecular complexity index is 2830. The second kappa shape index (κ2) is 42.1. The highest BCUT2D eigenvalue weighted by atomic mass is 19.4. The van der Waals surface area contributed by atoms with Gasteiger partial charge in [-0.1, -0.05) is 109 Å². The maximum atomic E-state index is 13.0. The third kappa shape index (κ3) is 30.8. The third-order valence-electron chi connectivity index (χ3n) is 22.3. The monoisotopic (exact) mass is 1640 g/mol. The Balaban J connectivity index is 0.00000132. The van der Waals surface area contributed by atoms with Crippen LogP contribution in [0.2, 0.25) is 0 Å². The van der Waals surface area contributed by atoms with E-state index in [4.69, 9.17) is 28.8 Å². The van der Waals surface area contributed by atoms with Crippen molar-refractivity contribution in [2.75, 3.05) is 6.61 Å². The quantitative estimate of drug-likeness (QED) is 0.0281. The van der Waals surface area contributed by atoms with E-state index in [1.54, 1.807) is 69.2 Å². The van der Waals surface area contributed by atoms with Gasteiger partial charge in [0, 0.05) is 25.2 Å². The first-order valence-corrected chi connectivity index (χ1v) is 38.6. The van der Waals surface area contributed by atoms with Crippen LogP contribution in [0, 0.1) is 47.3 Å². The zero-order valence-electron chi connectivity index (χ0n) is 68.6. The van der Waals surface area contributed by atoms with Gasteiger partial charge in [0.1, 0.15) is 34.6 Å². The predicted molar refractivity (Wildman–Crippen MR) is 379 cm³/mol. The molecular weight excluding hydrogens is 1510 g/mol. The Morgan fingerprint density at radius 3 is 1.19 bits per heavy atom. The number of hydrogen-bond donors (Lipinski definition) is 6. The summed E-state index contributed by atoms with van der Waals surface area (Å²) in [6, 6.07) is 0. The number of esters is 6. The highest BCUT2D eigenvalue weighted by molar-refractivity contribution is 5.74. The summed E-state index contributed by atoms with van der Waals surface area (Å²) in [7, 11) is 0. The van der Waals surface area contributed by atoms with Crippen molar-refractivity contribution in [3.05, 3.63) is 0 Å².